The van der Waals surface area contributed by atoms with Crippen LogP contribution in [0.2, 0.25) is 0 Å². The molecule has 0 amide bonds. The van der Waals surface area contributed by atoms with Gasteiger partial charge in [-0.2, -0.15) is 20.2 Å². The molecule has 0 bridgehead atoms. The Morgan fingerprint density at radius 2 is 1.84 bits per heavy atom. The quantitative estimate of drug-likeness (QED) is 0.354. The molecule has 2 N–H and O–H groups in total. The van der Waals surface area contributed by atoms with Crippen molar-refractivity contribution in [1.82, 2.24) is 15.0 Å². The van der Waals surface area contributed by atoms with Crippen molar-refractivity contribution in [1.29, 1.82) is 5.26 Å². The highest BCUT2D eigenvalue weighted by molar-refractivity contribution is 5.91. The van der Waals surface area contributed by atoms with Crippen LogP contribution >= 0.6 is 0 Å². The van der Waals surface area contributed by atoms with Crippen molar-refractivity contribution >= 4 is 29.5 Å². The number of aromatic nitrogens is 3. The predicted molar refractivity (Wildman–Crippen MR) is 116 cm³/mol. The number of hydrogen-bond donors (Lipinski definition) is 1. The van der Waals surface area contributed by atoms with E-state index in [4.69, 9.17) is 15.2 Å². The van der Waals surface area contributed by atoms with Gasteiger partial charge >= 0.3 is 5.97 Å². The molecule has 0 aliphatic rings. The van der Waals surface area contributed by atoms with Crippen LogP contribution in [0.1, 0.15) is 21.7 Å². The maximum atomic E-state index is 13.1. The van der Waals surface area contributed by atoms with Crippen LogP contribution in [-0.4, -0.2) is 42.1 Å². The minimum atomic E-state index is -0.666. The molecule has 0 aliphatic carbocycles. The van der Waals surface area contributed by atoms with E-state index in [1.54, 1.807) is 37.2 Å². The van der Waals surface area contributed by atoms with Gasteiger partial charge in [-0.05, 0) is 48.0 Å². The first kappa shape index (κ1) is 22.2. The molecule has 0 radical (unpaired) electrons. The third-order valence-electron chi connectivity index (χ3n) is 4.18. The Morgan fingerprint density at radius 1 is 1.12 bits per heavy atom. The molecule has 1 aromatic heterocycles. The average Bonchev–Trinajstić information content (AvgIpc) is 2.78. The number of nitrogen functional groups attached to an aromatic ring is 1. The second kappa shape index (κ2) is 9.53. The van der Waals surface area contributed by atoms with Crippen LogP contribution in [0.5, 0.6) is 11.5 Å². The lowest BCUT2D eigenvalue weighted by atomic mass is 10.1. The number of nitriles is 1. The SMILES string of the molecule is COc1cc(/C=C(\C#N)c2nc(N)nc(N(C)C)n2)ccc1OC(=O)c1ccc(F)cc1. The standard InChI is InChI=1S/C22H19FN6O3/c1-29(2)22-27-19(26-21(25)28-22)15(12-24)10-13-4-9-17(18(11-13)31-3)32-20(30)14-5-7-16(23)8-6-14/h4-11H,1-3H3,(H2,25,26,27,28)/b15-10+. The van der Waals surface area contributed by atoms with Gasteiger partial charge in [0.25, 0.3) is 0 Å². The van der Waals surface area contributed by atoms with Gasteiger partial charge in [-0.1, -0.05) is 6.07 Å². The highest BCUT2D eigenvalue weighted by Gasteiger charge is 2.15. The summed E-state index contributed by atoms with van der Waals surface area (Å²) in [4.78, 5) is 26.2. The summed E-state index contributed by atoms with van der Waals surface area (Å²) < 4.78 is 23.7. The van der Waals surface area contributed by atoms with Crippen molar-refractivity contribution in [3.05, 3.63) is 65.2 Å². The summed E-state index contributed by atoms with van der Waals surface area (Å²) in [5, 5.41) is 9.61. The van der Waals surface area contributed by atoms with E-state index in [1.807, 2.05) is 6.07 Å². The Kier molecular flexibility index (Phi) is 6.60. The number of anilines is 2. The summed E-state index contributed by atoms with van der Waals surface area (Å²) in [7, 11) is 4.90. The van der Waals surface area contributed by atoms with E-state index < -0.39 is 11.8 Å². The molecule has 1 heterocycles. The zero-order chi connectivity index (χ0) is 23.3. The summed E-state index contributed by atoms with van der Waals surface area (Å²) in [6.07, 6.45) is 1.54. The van der Waals surface area contributed by atoms with E-state index in [-0.39, 0.29) is 34.4 Å². The Bertz CT molecular complexity index is 1220. The largest absolute Gasteiger partial charge is 0.493 e. The van der Waals surface area contributed by atoms with Crippen molar-refractivity contribution in [3.8, 4) is 17.6 Å². The molecule has 32 heavy (non-hydrogen) atoms. The zero-order valence-corrected chi connectivity index (χ0v) is 17.5. The van der Waals surface area contributed by atoms with Crippen LogP contribution in [0.15, 0.2) is 42.5 Å². The summed E-state index contributed by atoms with van der Waals surface area (Å²) in [5.41, 5.74) is 6.65. The number of halogens is 1. The molecule has 2 aromatic carbocycles. The third-order valence-corrected chi connectivity index (χ3v) is 4.18. The molecule has 3 rings (SSSR count). The van der Waals surface area contributed by atoms with E-state index >= 15 is 0 Å². The van der Waals surface area contributed by atoms with Crippen LogP contribution in [0.3, 0.4) is 0 Å². The molecule has 10 heteroatoms. The second-order valence-corrected chi connectivity index (χ2v) is 6.69. The zero-order valence-electron chi connectivity index (χ0n) is 17.5. The smallest absolute Gasteiger partial charge is 0.343 e. The van der Waals surface area contributed by atoms with Gasteiger partial charge in [-0.25, -0.2) is 9.18 Å². The molecule has 162 valence electrons. The fourth-order valence-corrected chi connectivity index (χ4v) is 2.62. The number of carbonyl (C=O) groups is 1. The molecule has 0 spiro atoms. The van der Waals surface area contributed by atoms with Crippen molar-refractivity contribution in [2.75, 3.05) is 31.8 Å². The lowest BCUT2D eigenvalue weighted by Gasteiger charge is -2.11. The highest BCUT2D eigenvalue weighted by Crippen LogP contribution is 2.30. The minimum Gasteiger partial charge on any atom is -0.493 e. The van der Waals surface area contributed by atoms with Gasteiger partial charge in [0.15, 0.2) is 17.3 Å². The van der Waals surface area contributed by atoms with E-state index in [1.165, 1.54) is 37.4 Å². The Labute approximate surface area is 183 Å². The fraction of sp³-hybridized carbons (Fsp3) is 0.136. The molecule has 9 nitrogen and oxygen atoms in total. The van der Waals surface area contributed by atoms with E-state index in [2.05, 4.69) is 15.0 Å². The van der Waals surface area contributed by atoms with E-state index in [0.717, 1.165) is 0 Å². The molecular weight excluding hydrogens is 415 g/mol. The topological polar surface area (TPSA) is 127 Å². The molecule has 0 fully saturated rings. The number of carbonyl (C=O) groups excluding carboxylic acids is 1. The van der Waals surface area contributed by atoms with Gasteiger partial charge in [-0.15, -0.1) is 0 Å². The first-order valence-electron chi connectivity index (χ1n) is 9.27. The average molecular weight is 434 g/mol. The number of esters is 1. The third kappa shape index (κ3) is 5.14. The summed E-state index contributed by atoms with van der Waals surface area (Å²) >= 11 is 0. The minimum absolute atomic E-state index is 0.0134. The molecule has 0 saturated heterocycles. The second-order valence-electron chi connectivity index (χ2n) is 6.69. The normalized spacial score (nSPS) is 10.9. The van der Waals surface area contributed by atoms with Crippen LogP contribution in [0, 0.1) is 17.1 Å². The molecule has 3 aromatic rings. The number of ether oxygens (including phenoxy) is 2. The summed E-state index contributed by atoms with van der Waals surface area (Å²) in [6, 6.07) is 11.8. The number of benzene rings is 2. The van der Waals surface area contributed by atoms with Crippen LogP contribution < -0.4 is 20.1 Å². The van der Waals surface area contributed by atoms with E-state index in [0.29, 0.717) is 11.5 Å². The van der Waals surface area contributed by atoms with Crippen LogP contribution in [0.25, 0.3) is 11.6 Å². The first-order valence-corrected chi connectivity index (χ1v) is 9.27. The van der Waals surface area contributed by atoms with Crippen molar-refractivity contribution in [3.63, 3.8) is 0 Å². The highest BCUT2D eigenvalue weighted by atomic mass is 19.1. The maximum absolute atomic E-state index is 13.1. The van der Waals surface area contributed by atoms with Crippen molar-refractivity contribution in [2.45, 2.75) is 0 Å². The number of allylic oxidation sites excluding steroid dienone is 1. The number of rotatable bonds is 6. The van der Waals surface area contributed by atoms with Gasteiger partial charge in [-0.3, -0.25) is 0 Å². The van der Waals surface area contributed by atoms with Gasteiger partial charge < -0.3 is 20.1 Å². The summed E-state index contributed by atoms with van der Waals surface area (Å²) in [5.74, 6) is -0.279. The molecule has 0 aliphatic heterocycles. The van der Waals surface area contributed by atoms with Gasteiger partial charge in [0.1, 0.15) is 11.9 Å². The van der Waals surface area contributed by atoms with Crippen molar-refractivity contribution < 1.29 is 18.7 Å². The van der Waals surface area contributed by atoms with E-state index in [9.17, 15) is 14.4 Å². The lowest BCUT2D eigenvalue weighted by Crippen LogP contribution is -2.15. The maximum Gasteiger partial charge on any atom is 0.343 e. The van der Waals surface area contributed by atoms with Gasteiger partial charge in [0.05, 0.1) is 18.2 Å². The number of methoxy groups -OCH3 is 1. The monoisotopic (exact) mass is 434 g/mol. The predicted octanol–water partition coefficient (Wildman–Crippen LogP) is 2.95. The Balaban J connectivity index is 1.90. The molecule has 0 saturated carbocycles. The number of hydrogen-bond acceptors (Lipinski definition) is 9. The molecule has 0 atom stereocenters. The lowest BCUT2D eigenvalue weighted by molar-refractivity contribution is 0.0729. The van der Waals surface area contributed by atoms with Crippen LogP contribution in [0.4, 0.5) is 16.3 Å². The van der Waals surface area contributed by atoms with Crippen molar-refractivity contribution in [2.24, 2.45) is 0 Å². The number of nitrogens with zero attached hydrogens (tertiary/aromatic N) is 5. The molecular formula is C22H19FN6O3. The Hall–Kier alpha value is -4.52. The van der Waals surface area contributed by atoms with Crippen LogP contribution in [-0.2, 0) is 0 Å². The fourth-order valence-electron chi connectivity index (χ4n) is 2.62. The summed E-state index contributed by atoms with van der Waals surface area (Å²) in [6.45, 7) is 0. The first-order chi connectivity index (χ1) is 15.3. The Morgan fingerprint density at radius 3 is 2.47 bits per heavy atom. The molecule has 0 unspecified atom stereocenters. The van der Waals surface area contributed by atoms with Gasteiger partial charge in [0, 0.05) is 14.1 Å². The van der Waals surface area contributed by atoms with Gasteiger partial charge in [0.2, 0.25) is 11.9 Å². The number of nitrogens with two attached hydrogens (primary N) is 1.